The normalized spacial score (nSPS) is 33.0. The van der Waals surface area contributed by atoms with E-state index in [4.69, 9.17) is 4.74 Å². The molecule has 3 rings (SSSR count). The Kier molecular flexibility index (Phi) is 2.92. The highest BCUT2D eigenvalue weighted by atomic mass is 16.5. The van der Waals surface area contributed by atoms with E-state index < -0.39 is 11.8 Å². The molecule has 2 aliphatic rings. The van der Waals surface area contributed by atoms with Crippen LogP contribution in [0.5, 0.6) is 0 Å². The summed E-state index contributed by atoms with van der Waals surface area (Å²) in [6.45, 7) is 3.67. The Bertz CT molecular complexity index is 559. The number of hydrogen-bond donors (Lipinski definition) is 0. The third kappa shape index (κ3) is 1.50. The number of amides is 1. The van der Waals surface area contributed by atoms with Crippen LogP contribution in [-0.4, -0.2) is 47.1 Å². The molecule has 1 aromatic carbocycles. The van der Waals surface area contributed by atoms with Gasteiger partial charge in [0.05, 0.1) is 12.5 Å². The van der Waals surface area contributed by atoms with Gasteiger partial charge in [-0.1, -0.05) is 30.3 Å². The summed E-state index contributed by atoms with van der Waals surface area (Å²) in [6, 6.07) is 9.78. The van der Waals surface area contributed by atoms with Gasteiger partial charge in [-0.15, -0.1) is 0 Å². The quantitative estimate of drug-likeness (QED) is 0.812. The summed E-state index contributed by atoms with van der Waals surface area (Å²) in [5.74, 6) is -0.120. The van der Waals surface area contributed by atoms with E-state index in [9.17, 15) is 9.59 Å². The Balaban J connectivity index is 2.10. The minimum absolute atomic E-state index is 0.103. The molecule has 0 bridgehead atoms. The van der Waals surface area contributed by atoms with E-state index in [1.807, 2.05) is 42.3 Å². The molecule has 106 valence electrons. The van der Waals surface area contributed by atoms with Crippen LogP contribution in [0.15, 0.2) is 30.3 Å². The number of nitrogens with zero attached hydrogens (tertiary/aromatic N) is 2. The van der Waals surface area contributed by atoms with Crippen molar-refractivity contribution >= 4 is 11.7 Å². The van der Waals surface area contributed by atoms with Crippen LogP contribution >= 0.6 is 0 Å². The lowest BCUT2D eigenvalue weighted by Gasteiger charge is -2.47. The van der Waals surface area contributed by atoms with Crippen molar-refractivity contribution < 1.29 is 14.3 Å². The highest BCUT2D eigenvalue weighted by Crippen LogP contribution is 2.51. The number of benzene rings is 1. The molecule has 2 aliphatic heterocycles. The topological polar surface area (TPSA) is 49.9 Å². The molecular formula is C15H18N2O3. The van der Waals surface area contributed by atoms with Crippen LogP contribution in [0, 0.1) is 0 Å². The molecule has 0 N–H and O–H groups in total. The Morgan fingerprint density at radius 2 is 2.00 bits per heavy atom. The van der Waals surface area contributed by atoms with Crippen LogP contribution in [0.1, 0.15) is 25.3 Å². The summed E-state index contributed by atoms with van der Waals surface area (Å²) in [5, 5.41) is 3.42. The van der Waals surface area contributed by atoms with E-state index >= 15 is 0 Å². The summed E-state index contributed by atoms with van der Waals surface area (Å²) in [5.41, 5.74) is 0.330. The Hall–Kier alpha value is -1.72. The molecule has 2 fully saturated rings. The fourth-order valence-corrected chi connectivity index (χ4v) is 3.44. The fraction of sp³-hybridized carbons (Fsp3) is 0.467. The zero-order chi connectivity index (χ0) is 14.5. The van der Waals surface area contributed by atoms with Crippen LogP contribution < -0.4 is 0 Å². The standard InChI is InChI=1S/C15H18N2O3/c1-10(18)17-14(20-3)13(11-7-5-4-6-8-11)15(2)12(19)9-16(15)17/h4-8,13-14H,9H2,1-3H3. The van der Waals surface area contributed by atoms with Crippen LogP contribution in [0.4, 0.5) is 0 Å². The third-order valence-corrected chi connectivity index (χ3v) is 4.51. The minimum atomic E-state index is -0.687. The van der Waals surface area contributed by atoms with Crippen LogP contribution in [0.25, 0.3) is 0 Å². The maximum atomic E-state index is 12.2. The van der Waals surface area contributed by atoms with Gasteiger partial charge in [0.25, 0.3) is 0 Å². The van der Waals surface area contributed by atoms with Gasteiger partial charge < -0.3 is 4.74 Å². The number of ketones is 1. The fourth-order valence-electron chi connectivity index (χ4n) is 3.44. The van der Waals surface area contributed by atoms with E-state index in [2.05, 4.69) is 0 Å². The summed E-state index contributed by atoms with van der Waals surface area (Å²) >= 11 is 0. The first kappa shape index (κ1) is 13.3. The molecule has 3 atom stereocenters. The number of hydrogen-bond acceptors (Lipinski definition) is 4. The largest absolute Gasteiger partial charge is 0.359 e. The van der Waals surface area contributed by atoms with Gasteiger partial charge in [-0.05, 0) is 12.5 Å². The second kappa shape index (κ2) is 4.40. The second-order valence-corrected chi connectivity index (χ2v) is 5.51. The highest BCUT2D eigenvalue weighted by Gasteiger charge is 2.67. The van der Waals surface area contributed by atoms with Crippen molar-refractivity contribution in [1.29, 1.82) is 0 Å². The Morgan fingerprint density at radius 3 is 2.50 bits per heavy atom. The van der Waals surface area contributed by atoms with Crippen molar-refractivity contribution in [3.8, 4) is 0 Å². The molecule has 0 saturated carbocycles. The molecule has 2 saturated heterocycles. The Labute approximate surface area is 118 Å². The van der Waals surface area contributed by atoms with Crippen LogP contribution in [0.2, 0.25) is 0 Å². The predicted octanol–water partition coefficient (Wildman–Crippen LogP) is 1.16. The average Bonchev–Trinajstić information content (AvgIpc) is 2.65. The van der Waals surface area contributed by atoms with E-state index in [0.29, 0.717) is 0 Å². The number of Topliss-reactive ketones (excluding diaryl/α,β-unsaturated/α-hetero) is 1. The van der Waals surface area contributed by atoms with E-state index in [1.54, 1.807) is 12.1 Å². The summed E-state index contributed by atoms with van der Waals surface area (Å²) in [4.78, 5) is 24.1. The maximum Gasteiger partial charge on any atom is 0.236 e. The second-order valence-electron chi connectivity index (χ2n) is 5.51. The van der Waals surface area contributed by atoms with Gasteiger partial charge in [0.1, 0.15) is 5.54 Å². The summed E-state index contributed by atoms with van der Waals surface area (Å²) in [6.07, 6.45) is -0.439. The van der Waals surface area contributed by atoms with Gasteiger partial charge >= 0.3 is 0 Å². The molecule has 2 heterocycles. The molecule has 5 heteroatoms. The van der Waals surface area contributed by atoms with Crippen molar-refractivity contribution in [2.45, 2.75) is 31.5 Å². The monoisotopic (exact) mass is 274 g/mol. The van der Waals surface area contributed by atoms with Crippen molar-refractivity contribution in [3.05, 3.63) is 35.9 Å². The molecule has 20 heavy (non-hydrogen) atoms. The Morgan fingerprint density at radius 1 is 1.35 bits per heavy atom. The number of carbonyl (C=O) groups is 2. The molecule has 0 aromatic heterocycles. The van der Waals surface area contributed by atoms with E-state index in [1.165, 1.54) is 6.92 Å². The number of methoxy groups -OCH3 is 1. The van der Waals surface area contributed by atoms with Gasteiger partial charge in [0.15, 0.2) is 12.0 Å². The molecule has 0 aliphatic carbocycles. The lowest BCUT2D eigenvalue weighted by atomic mass is 9.73. The van der Waals surface area contributed by atoms with Crippen molar-refractivity contribution in [3.63, 3.8) is 0 Å². The highest BCUT2D eigenvalue weighted by molar-refractivity contribution is 5.98. The molecule has 5 nitrogen and oxygen atoms in total. The number of fused-ring (bicyclic) bond motifs is 1. The third-order valence-electron chi connectivity index (χ3n) is 4.51. The van der Waals surface area contributed by atoms with Gasteiger partial charge in [-0.25, -0.2) is 5.01 Å². The molecule has 0 spiro atoms. The van der Waals surface area contributed by atoms with E-state index in [0.717, 1.165) is 5.56 Å². The van der Waals surface area contributed by atoms with Gasteiger partial charge in [0.2, 0.25) is 5.91 Å². The number of rotatable bonds is 2. The zero-order valence-electron chi connectivity index (χ0n) is 11.9. The van der Waals surface area contributed by atoms with Crippen molar-refractivity contribution in [1.82, 2.24) is 10.0 Å². The van der Waals surface area contributed by atoms with E-state index in [-0.39, 0.29) is 24.2 Å². The first-order chi connectivity index (χ1) is 9.51. The number of hydrazine groups is 1. The average molecular weight is 274 g/mol. The van der Waals surface area contributed by atoms with Crippen LogP contribution in [-0.2, 0) is 14.3 Å². The molecule has 3 unspecified atom stereocenters. The van der Waals surface area contributed by atoms with Crippen LogP contribution in [0.3, 0.4) is 0 Å². The first-order valence-corrected chi connectivity index (χ1v) is 6.70. The molecule has 1 aromatic rings. The number of ether oxygens (including phenoxy) is 1. The lowest BCUT2D eigenvalue weighted by Crippen LogP contribution is -2.68. The number of carbonyl (C=O) groups excluding carboxylic acids is 2. The smallest absolute Gasteiger partial charge is 0.236 e. The lowest BCUT2D eigenvalue weighted by molar-refractivity contribution is -0.184. The van der Waals surface area contributed by atoms with Crippen molar-refractivity contribution in [2.75, 3.05) is 13.7 Å². The molecule has 0 radical (unpaired) electrons. The maximum absolute atomic E-state index is 12.2. The SMILES string of the molecule is COC1C(c2ccccc2)C2(C)C(=O)CN2N1C(C)=O. The minimum Gasteiger partial charge on any atom is -0.359 e. The van der Waals surface area contributed by atoms with Gasteiger partial charge in [-0.3, -0.25) is 9.59 Å². The first-order valence-electron chi connectivity index (χ1n) is 6.70. The molecular weight excluding hydrogens is 256 g/mol. The predicted molar refractivity (Wildman–Crippen MR) is 72.6 cm³/mol. The van der Waals surface area contributed by atoms with Crippen molar-refractivity contribution in [2.24, 2.45) is 0 Å². The zero-order valence-corrected chi connectivity index (χ0v) is 11.9. The molecule has 1 amide bonds. The summed E-state index contributed by atoms with van der Waals surface area (Å²) < 4.78 is 5.56. The van der Waals surface area contributed by atoms with Gasteiger partial charge in [-0.2, -0.15) is 5.01 Å². The van der Waals surface area contributed by atoms with Gasteiger partial charge in [0, 0.05) is 14.0 Å². The summed E-state index contributed by atoms with van der Waals surface area (Å²) in [7, 11) is 1.58.